The molecule has 0 unspecified atom stereocenters. The summed E-state index contributed by atoms with van der Waals surface area (Å²) >= 11 is 2.36. The van der Waals surface area contributed by atoms with E-state index in [0.717, 1.165) is 17.3 Å². The van der Waals surface area contributed by atoms with Gasteiger partial charge < -0.3 is 10.1 Å². The number of aromatic nitrogens is 1. The summed E-state index contributed by atoms with van der Waals surface area (Å²) in [4.78, 5) is 30.8. The van der Waals surface area contributed by atoms with Crippen LogP contribution in [0.15, 0.2) is 65.0 Å². The molecule has 156 valence electrons. The van der Waals surface area contributed by atoms with Gasteiger partial charge >= 0.3 is 0 Å². The fraction of sp³-hybridized carbons (Fsp3) is 0.0909. The average molecular weight is 451 g/mol. The Balaban J connectivity index is 1.46. The second-order valence-electron chi connectivity index (χ2n) is 6.61. The molecular formula is C22H18N4O3S2. The number of ether oxygens (including phenoxy) is 1. The Kier molecular flexibility index (Phi) is 6.15. The first-order valence-electron chi connectivity index (χ1n) is 9.31. The number of anilines is 2. The number of nitrogens with zero attached hydrogens (tertiary/aromatic N) is 2. The summed E-state index contributed by atoms with van der Waals surface area (Å²) in [6.07, 6.45) is 3.26. The van der Waals surface area contributed by atoms with Crippen LogP contribution >= 0.6 is 23.1 Å². The molecule has 1 fully saturated rings. The quantitative estimate of drug-likeness (QED) is 0.538. The Morgan fingerprint density at radius 3 is 2.74 bits per heavy atom. The van der Waals surface area contributed by atoms with Crippen molar-refractivity contribution in [2.75, 3.05) is 16.8 Å². The van der Waals surface area contributed by atoms with Crippen LogP contribution in [0.5, 0.6) is 5.75 Å². The van der Waals surface area contributed by atoms with Gasteiger partial charge in [-0.3, -0.25) is 15.0 Å². The van der Waals surface area contributed by atoms with Crippen LogP contribution in [0.3, 0.4) is 0 Å². The van der Waals surface area contributed by atoms with Gasteiger partial charge in [-0.1, -0.05) is 35.9 Å². The van der Waals surface area contributed by atoms with Gasteiger partial charge in [-0.25, -0.2) is 9.88 Å². The van der Waals surface area contributed by atoms with Crippen molar-refractivity contribution < 1.29 is 14.3 Å². The van der Waals surface area contributed by atoms with Crippen molar-refractivity contribution >= 4 is 57.0 Å². The normalized spacial score (nSPS) is 14.9. The first-order chi connectivity index (χ1) is 15.0. The number of thioether (sulfide) groups is 1. The van der Waals surface area contributed by atoms with Gasteiger partial charge in [0.15, 0.2) is 16.9 Å². The molecule has 2 aromatic carbocycles. The van der Waals surface area contributed by atoms with Gasteiger partial charge in [-0.2, -0.15) is 0 Å². The molecule has 0 saturated carbocycles. The van der Waals surface area contributed by atoms with Crippen LogP contribution in [0.1, 0.15) is 11.1 Å². The van der Waals surface area contributed by atoms with Crippen molar-refractivity contribution in [3.63, 3.8) is 0 Å². The first kappa shape index (κ1) is 20.8. The van der Waals surface area contributed by atoms with Gasteiger partial charge in [0.2, 0.25) is 0 Å². The lowest BCUT2D eigenvalue weighted by molar-refractivity contribution is -0.118. The molecule has 3 aromatic rings. The summed E-state index contributed by atoms with van der Waals surface area (Å²) in [5, 5.41) is 13.2. The van der Waals surface area contributed by atoms with E-state index in [1.807, 2.05) is 37.3 Å². The first-order valence-corrected chi connectivity index (χ1v) is 11.0. The maximum absolute atomic E-state index is 12.8. The van der Waals surface area contributed by atoms with E-state index < -0.39 is 0 Å². The zero-order valence-electron chi connectivity index (χ0n) is 16.5. The van der Waals surface area contributed by atoms with Crippen LogP contribution in [-0.4, -0.2) is 28.6 Å². The molecule has 4 rings (SSSR count). The molecule has 7 nitrogen and oxygen atoms in total. The molecule has 2 heterocycles. The Hall–Kier alpha value is -3.43. The number of para-hydroxylation sites is 1. The van der Waals surface area contributed by atoms with Crippen LogP contribution in [0.2, 0.25) is 0 Å². The number of amides is 2. The summed E-state index contributed by atoms with van der Waals surface area (Å²) in [5.74, 6) is -0.118. The molecule has 2 N–H and O–H groups in total. The lowest BCUT2D eigenvalue weighted by Crippen LogP contribution is -2.27. The van der Waals surface area contributed by atoms with Crippen LogP contribution in [-0.2, 0) is 9.59 Å². The topological polar surface area (TPSA) is 95.4 Å². The third kappa shape index (κ3) is 4.84. The van der Waals surface area contributed by atoms with Crippen molar-refractivity contribution in [1.29, 1.82) is 5.41 Å². The minimum absolute atomic E-state index is 0.0991. The summed E-state index contributed by atoms with van der Waals surface area (Å²) in [6, 6.07) is 14.6. The van der Waals surface area contributed by atoms with Crippen LogP contribution in [0.25, 0.3) is 6.08 Å². The minimum atomic E-state index is -0.308. The zero-order chi connectivity index (χ0) is 21.8. The molecule has 1 saturated heterocycles. The number of hydrogen-bond acceptors (Lipinski definition) is 7. The van der Waals surface area contributed by atoms with E-state index in [4.69, 9.17) is 10.1 Å². The predicted molar refractivity (Wildman–Crippen MR) is 125 cm³/mol. The standard InChI is InChI=1S/C22H18N4O3S2/c1-14-6-8-16(9-7-14)25-19(27)13-29-17-5-3-2-4-15(17)12-18-20(28)26(21(23)31-18)22-24-10-11-30-22/h2-12,23H,13H2,1H3,(H,25,27)/b18-12-,23-21?. The van der Waals surface area contributed by atoms with Gasteiger partial charge in [0, 0.05) is 22.8 Å². The maximum Gasteiger partial charge on any atom is 0.273 e. The number of benzene rings is 2. The van der Waals surface area contributed by atoms with E-state index in [0.29, 0.717) is 27.0 Å². The Morgan fingerprint density at radius 2 is 2.00 bits per heavy atom. The Morgan fingerprint density at radius 1 is 1.23 bits per heavy atom. The van der Waals surface area contributed by atoms with Crippen molar-refractivity contribution in [2.24, 2.45) is 0 Å². The average Bonchev–Trinajstić information content (AvgIpc) is 3.37. The molecular weight excluding hydrogens is 432 g/mol. The molecule has 0 atom stereocenters. The van der Waals surface area contributed by atoms with Gasteiger partial charge in [-0.15, -0.1) is 11.3 Å². The van der Waals surface area contributed by atoms with Crippen molar-refractivity contribution in [3.8, 4) is 5.75 Å². The molecule has 0 spiro atoms. The highest BCUT2D eigenvalue weighted by molar-refractivity contribution is 8.19. The van der Waals surface area contributed by atoms with Crippen molar-refractivity contribution in [3.05, 3.63) is 76.1 Å². The number of nitrogens with one attached hydrogen (secondary N) is 2. The van der Waals surface area contributed by atoms with E-state index in [1.165, 1.54) is 16.2 Å². The van der Waals surface area contributed by atoms with E-state index in [1.54, 1.807) is 35.9 Å². The highest BCUT2D eigenvalue weighted by atomic mass is 32.2. The van der Waals surface area contributed by atoms with Crippen LogP contribution < -0.4 is 15.0 Å². The monoisotopic (exact) mass is 450 g/mol. The molecule has 1 aliphatic heterocycles. The second-order valence-corrected chi connectivity index (χ2v) is 8.52. The third-order valence-corrected chi connectivity index (χ3v) is 5.98. The van der Waals surface area contributed by atoms with Crippen LogP contribution in [0, 0.1) is 12.3 Å². The third-order valence-electron chi connectivity index (χ3n) is 4.33. The molecule has 9 heteroatoms. The highest BCUT2D eigenvalue weighted by Gasteiger charge is 2.35. The smallest absolute Gasteiger partial charge is 0.273 e. The number of rotatable bonds is 6. The predicted octanol–water partition coefficient (Wildman–Crippen LogP) is 4.52. The molecule has 1 aliphatic rings. The fourth-order valence-electron chi connectivity index (χ4n) is 2.84. The Labute approximate surface area is 187 Å². The largest absolute Gasteiger partial charge is 0.483 e. The summed E-state index contributed by atoms with van der Waals surface area (Å²) in [6.45, 7) is 1.81. The molecule has 0 bridgehead atoms. The molecule has 1 aromatic heterocycles. The number of aryl methyl sites for hydroxylation is 1. The van der Waals surface area contributed by atoms with Gasteiger partial charge in [0.05, 0.1) is 4.91 Å². The highest BCUT2D eigenvalue weighted by Crippen LogP contribution is 2.36. The van der Waals surface area contributed by atoms with Crippen molar-refractivity contribution in [2.45, 2.75) is 6.92 Å². The number of carbonyl (C=O) groups excluding carboxylic acids is 2. The molecule has 31 heavy (non-hydrogen) atoms. The molecule has 0 aliphatic carbocycles. The number of thiazole rings is 1. The van der Waals surface area contributed by atoms with E-state index >= 15 is 0 Å². The van der Waals surface area contributed by atoms with Gasteiger partial charge in [0.1, 0.15) is 5.75 Å². The summed E-state index contributed by atoms with van der Waals surface area (Å²) < 4.78 is 5.71. The zero-order valence-corrected chi connectivity index (χ0v) is 18.1. The van der Waals surface area contributed by atoms with E-state index in [-0.39, 0.29) is 23.6 Å². The van der Waals surface area contributed by atoms with E-state index in [2.05, 4.69) is 10.3 Å². The SMILES string of the molecule is Cc1ccc(NC(=O)COc2ccccc2/C=C2\SC(=N)N(c3nccs3)C2=O)cc1. The van der Waals surface area contributed by atoms with Gasteiger partial charge in [-0.05, 0) is 43.0 Å². The lowest BCUT2D eigenvalue weighted by Gasteiger charge is -2.10. The lowest BCUT2D eigenvalue weighted by atomic mass is 10.2. The maximum atomic E-state index is 12.8. The Bertz CT molecular complexity index is 1160. The van der Waals surface area contributed by atoms with E-state index in [9.17, 15) is 9.59 Å². The number of carbonyl (C=O) groups is 2. The number of hydrogen-bond donors (Lipinski definition) is 2. The van der Waals surface area contributed by atoms with Gasteiger partial charge in [0.25, 0.3) is 11.8 Å². The fourth-order valence-corrected chi connectivity index (χ4v) is 4.37. The minimum Gasteiger partial charge on any atom is -0.483 e. The second kappa shape index (κ2) is 9.15. The molecule has 0 radical (unpaired) electrons. The summed E-state index contributed by atoms with van der Waals surface area (Å²) in [7, 11) is 0. The number of amidine groups is 1. The molecule has 2 amide bonds. The summed E-state index contributed by atoms with van der Waals surface area (Å²) in [5.41, 5.74) is 2.45. The van der Waals surface area contributed by atoms with Crippen molar-refractivity contribution in [1.82, 2.24) is 4.98 Å². The van der Waals surface area contributed by atoms with Crippen LogP contribution in [0.4, 0.5) is 10.8 Å².